The number of hydrogen-bond donors (Lipinski definition) is 1. The zero-order valence-electron chi connectivity index (χ0n) is 27.1. The predicted molar refractivity (Wildman–Crippen MR) is 171 cm³/mol. The van der Waals surface area contributed by atoms with Gasteiger partial charge in [0, 0.05) is 29.6 Å². The lowest BCUT2D eigenvalue weighted by molar-refractivity contribution is -0.207. The summed E-state index contributed by atoms with van der Waals surface area (Å²) in [6.07, 6.45) is 5.88. The Morgan fingerprint density at radius 1 is 1.11 bits per heavy atom. The minimum Gasteiger partial charge on any atom is -0.457 e. The maximum absolute atomic E-state index is 14.1. The van der Waals surface area contributed by atoms with Crippen LogP contribution in [0.1, 0.15) is 83.5 Å². The number of aliphatic hydroxyl groups excluding tert-OH is 1. The second kappa shape index (κ2) is 11.4. The third-order valence-corrected chi connectivity index (χ3v) is 12.3. The van der Waals surface area contributed by atoms with Crippen molar-refractivity contribution in [3.8, 4) is 5.69 Å². The largest absolute Gasteiger partial charge is 0.457 e. The van der Waals surface area contributed by atoms with E-state index in [-0.39, 0.29) is 53.7 Å². The van der Waals surface area contributed by atoms with Crippen LogP contribution in [0.3, 0.4) is 0 Å². The fourth-order valence-electron chi connectivity index (χ4n) is 9.78. The third-order valence-electron chi connectivity index (χ3n) is 11.9. The van der Waals surface area contributed by atoms with Gasteiger partial charge in [-0.05, 0) is 79.5 Å². The topological polar surface area (TPSA) is 108 Å². The molecule has 3 saturated carbocycles. The van der Waals surface area contributed by atoms with Crippen LogP contribution < -0.4 is 0 Å². The van der Waals surface area contributed by atoms with Crippen LogP contribution in [0, 0.1) is 41.4 Å². The van der Waals surface area contributed by atoms with E-state index < -0.39 is 41.4 Å². The SMILES string of the molecule is CCC(=O)OCC(=O)[C@@]1(OC(=O)CC)[C@H](C)C[C@H]2[C@H]3[C@H]([C@@H](O)C[C@@]21C)[C@@]1(C)Cc2cnn(-c4ccc(C)cc4)c2C=C1C[C@H]3Cl. The number of nitrogens with zero attached hydrogens (tertiary/aromatic N) is 2. The van der Waals surface area contributed by atoms with E-state index >= 15 is 0 Å². The maximum atomic E-state index is 14.1. The summed E-state index contributed by atoms with van der Waals surface area (Å²) < 4.78 is 13.5. The molecule has 0 amide bonds. The van der Waals surface area contributed by atoms with E-state index in [1.54, 1.807) is 13.8 Å². The van der Waals surface area contributed by atoms with Gasteiger partial charge in [-0.15, -0.1) is 11.6 Å². The number of rotatable bonds is 7. The van der Waals surface area contributed by atoms with E-state index in [0.717, 1.165) is 23.4 Å². The number of aliphatic hydroxyl groups is 1. The quantitative estimate of drug-likeness (QED) is 0.293. The Balaban J connectivity index is 1.39. The highest BCUT2D eigenvalue weighted by atomic mass is 35.5. The minimum absolute atomic E-state index is 0.0889. The molecule has 0 unspecified atom stereocenters. The van der Waals surface area contributed by atoms with Crippen molar-refractivity contribution >= 4 is 35.4 Å². The summed E-state index contributed by atoms with van der Waals surface area (Å²) in [5.74, 6) is -2.11. The molecule has 6 rings (SSSR count). The zero-order valence-corrected chi connectivity index (χ0v) is 27.9. The normalized spacial score (nSPS) is 36.6. The van der Waals surface area contributed by atoms with Crippen molar-refractivity contribution in [3.05, 3.63) is 52.9 Å². The Morgan fingerprint density at radius 2 is 1.80 bits per heavy atom. The third kappa shape index (κ3) is 4.72. The Kier molecular flexibility index (Phi) is 8.09. The fourth-order valence-corrected chi connectivity index (χ4v) is 10.3. The van der Waals surface area contributed by atoms with Crippen LogP contribution in [0.15, 0.2) is 36.0 Å². The summed E-state index contributed by atoms with van der Waals surface area (Å²) in [6, 6.07) is 8.31. The second-order valence-corrected chi connectivity index (χ2v) is 14.9. The molecule has 1 aromatic carbocycles. The van der Waals surface area contributed by atoms with Crippen molar-refractivity contribution in [1.82, 2.24) is 9.78 Å². The number of alkyl halides is 1. The molecule has 242 valence electrons. The van der Waals surface area contributed by atoms with Gasteiger partial charge in [0.05, 0.1) is 23.7 Å². The smallest absolute Gasteiger partial charge is 0.306 e. The van der Waals surface area contributed by atoms with Crippen LogP contribution in [0.4, 0.5) is 0 Å². The molecule has 0 saturated heterocycles. The molecule has 8 nitrogen and oxygen atoms in total. The number of ether oxygens (including phenoxy) is 2. The van der Waals surface area contributed by atoms with Crippen molar-refractivity contribution in [3.63, 3.8) is 0 Å². The summed E-state index contributed by atoms with van der Waals surface area (Å²) in [5.41, 5.74) is 2.79. The van der Waals surface area contributed by atoms with Crippen molar-refractivity contribution in [2.24, 2.45) is 34.5 Å². The molecule has 4 aliphatic rings. The van der Waals surface area contributed by atoms with Crippen LogP contribution in [-0.2, 0) is 30.3 Å². The molecule has 2 aromatic rings. The first-order chi connectivity index (χ1) is 21.3. The monoisotopic (exact) mass is 636 g/mol. The molecule has 0 radical (unpaired) electrons. The van der Waals surface area contributed by atoms with Crippen LogP contribution in [-0.4, -0.2) is 56.3 Å². The van der Waals surface area contributed by atoms with E-state index in [0.29, 0.717) is 12.8 Å². The van der Waals surface area contributed by atoms with Gasteiger partial charge in [0.25, 0.3) is 0 Å². The molecule has 4 aliphatic carbocycles. The highest BCUT2D eigenvalue weighted by molar-refractivity contribution is 6.21. The fraction of sp³-hybridized carbons (Fsp3) is 0.611. The first-order valence-corrected chi connectivity index (χ1v) is 16.8. The Hall–Kier alpha value is -2.97. The van der Waals surface area contributed by atoms with Gasteiger partial charge in [-0.1, -0.05) is 57.9 Å². The molecular formula is C36H45ClN2O6. The molecule has 1 N–H and O–H groups in total. The van der Waals surface area contributed by atoms with Gasteiger partial charge in [-0.3, -0.25) is 14.4 Å². The summed E-state index contributed by atoms with van der Waals surface area (Å²) >= 11 is 7.38. The predicted octanol–water partition coefficient (Wildman–Crippen LogP) is 6.01. The summed E-state index contributed by atoms with van der Waals surface area (Å²) in [7, 11) is 0. The van der Waals surface area contributed by atoms with Gasteiger partial charge in [-0.25, -0.2) is 4.68 Å². The molecular weight excluding hydrogens is 592 g/mol. The van der Waals surface area contributed by atoms with Gasteiger partial charge in [-0.2, -0.15) is 5.10 Å². The van der Waals surface area contributed by atoms with Crippen LogP contribution in [0.5, 0.6) is 0 Å². The average molecular weight is 637 g/mol. The molecule has 9 heteroatoms. The van der Waals surface area contributed by atoms with Gasteiger partial charge in [0.15, 0.2) is 12.2 Å². The number of fused-ring (bicyclic) bond motifs is 6. The Labute approximate surface area is 270 Å². The summed E-state index contributed by atoms with van der Waals surface area (Å²) in [6.45, 7) is 11.1. The van der Waals surface area contributed by atoms with Gasteiger partial charge in [0.2, 0.25) is 5.78 Å². The van der Waals surface area contributed by atoms with Crippen LogP contribution in [0.25, 0.3) is 11.8 Å². The summed E-state index contributed by atoms with van der Waals surface area (Å²) in [5, 5.41) is 16.7. The lowest BCUT2D eigenvalue weighted by Crippen LogP contribution is -2.66. The Morgan fingerprint density at radius 3 is 2.47 bits per heavy atom. The van der Waals surface area contributed by atoms with E-state index in [4.69, 9.17) is 26.2 Å². The molecule has 1 aromatic heterocycles. The minimum atomic E-state index is -1.53. The van der Waals surface area contributed by atoms with Crippen molar-refractivity contribution in [1.29, 1.82) is 0 Å². The van der Waals surface area contributed by atoms with Crippen LogP contribution >= 0.6 is 11.6 Å². The molecule has 0 bridgehead atoms. The van der Waals surface area contributed by atoms with E-state index in [2.05, 4.69) is 44.2 Å². The van der Waals surface area contributed by atoms with Crippen molar-refractivity contribution in [2.75, 3.05) is 6.61 Å². The molecule has 0 aliphatic heterocycles. The number of carbonyl (C=O) groups excluding carboxylic acids is 3. The number of aromatic nitrogens is 2. The lowest BCUT2D eigenvalue weighted by Gasteiger charge is -2.61. The maximum Gasteiger partial charge on any atom is 0.306 e. The van der Waals surface area contributed by atoms with Gasteiger partial charge < -0.3 is 14.6 Å². The van der Waals surface area contributed by atoms with E-state index in [1.807, 2.05) is 24.7 Å². The molecule has 3 fully saturated rings. The molecule has 9 atom stereocenters. The van der Waals surface area contributed by atoms with Gasteiger partial charge >= 0.3 is 11.9 Å². The number of hydrogen-bond acceptors (Lipinski definition) is 7. The highest BCUT2D eigenvalue weighted by Crippen LogP contribution is 2.70. The van der Waals surface area contributed by atoms with Crippen molar-refractivity contribution in [2.45, 2.75) is 97.1 Å². The van der Waals surface area contributed by atoms with Crippen LogP contribution in [0.2, 0.25) is 0 Å². The van der Waals surface area contributed by atoms with Crippen molar-refractivity contribution < 1.29 is 29.0 Å². The van der Waals surface area contributed by atoms with E-state index in [9.17, 15) is 19.5 Å². The number of allylic oxidation sites excluding steroid dienone is 1. The zero-order chi connectivity index (χ0) is 32.5. The number of halogens is 1. The molecule has 1 heterocycles. The molecule has 0 spiro atoms. The number of benzene rings is 1. The lowest BCUT2D eigenvalue weighted by atomic mass is 9.45. The van der Waals surface area contributed by atoms with E-state index in [1.165, 1.54) is 11.1 Å². The highest BCUT2D eigenvalue weighted by Gasteiger charge is 2.74. The summed E-state index contributed by atoms with van der Waals surface area (Å²) in [4.78, 5) is 39.1. The number of carbonyl (C=O) groups is 3. The number of ketones is 1. The molecule has 45 heavy (non-hydrogen) atoms. The number of esters is 2. The Bertz CT molecular complexity index is 1550. The average Bonchev–Trinajstić information content (AvgIpc) is 3.50. The first-order valence-electron chi connectivity index (χ1n) is 16.4. The van der Waals surface area contributed by atoms with Gasteiger partial charge in [0.1, 0.15) is 0 Å². The number of aryl methyl sites for hydroxylation is 1. The number of Topliss-reactive ketones (excluding diaryl/α,β-unsaturated/α-hetero) is 1. The first kappa shape index (κ1) is 32.0. The standard InChI is InChI=1S/C36H45ClN2O6/c1-7-30(42)44-19-29(41)36(45-31(43)8-2)21(4)13-25-32-26(37)14-23-15-27-22(18-38-39(27)24-11-9-20(3)10-12-24)16-34(23,5)33(32)28(40)17-35(25,36)6/h9-12,15,18,21,25-26,28,32-33,40H,7-8,13-14,16-17,19H2,1-6H3/t21-,25+,26-,28+,32-,33+,34+,35+,36+/m1/s1. The second-order valence-electron chi connectivity index (χ2n) is 14.3.